The number of benzene rings is 1. The van der Waals surface area contributed by atoms with Gasteiger partial charge in [-0.05, 0) is 43.3 Å². The second-order valence-electron chi connectivity index (χ2n) is 4.96. The summed E-state index contributed by atoms with van der Waals surface area (Å²) in [6.45, 7) is 5.20. The van der Waals surface area contributed by atoms with Gasteiger partial charge in [-0.15, -0.1) is 0 Å². The molecule has 2 aromatic heterocycles. The minimum atomic E-state index is 0.886. The Balaban J connectivity index is 2.19. The first-order valence-corrected chi connectivity index (χ1v) is 8.22. The van der Waals surface area contributed by atoms with E-state index < -0.39 is 0 Å². The Bertz CT molecular complexity index is 763. The number of aromatic nitrogens is 4. The van der Waals surface area contributed by atoms with Crippen LogP contribution in [-0.4, -0.2) is 14.8 Å². The van der Waals surface area contributed by atoms with E-state index in [0.717, 1.165) is 34.5 Å². The van der Waals surface area contributed by atoms with Crippen LogP contribution in [0.3, 0.4) is 0 Å². The Morgan fingerprint density at radius 3 is 2.32 bits per heavy atom. The Morgan fingerprint density at radius 2 is 1.73 bits per heavy atom. The zero-order valence-electron chi connectivity index (χ0n) is 12.7. The van der Waals surface area contributed by atoms with E-state index in [1.54, 1.807) is 12.4 Å². The number of rotatable bonds is 4. The van der Waals surface area contributed by atoms with Crippen LogP contribution in [0.25, 0.3) is 17.1 Å². The molecule has 3 aromatic rings. The van der Waals surface area contributed by atoms with Crippen molar-refractivity contribution in [1.29, 1.82) is 0 Å². The van der Waals surface area contributed by atoms with E-state index in [2.05, 4.69) is 51.5 Å². The van der Waals surface area contributed by atoms with Crippen LogP contribution < -0.4 is 4.57 Å². The molecule has 0 atom stereocenters. The maximum Gasteiger partial charge on any atom is 0.309 e. The fourth-order valence-corrected chi connectivity index (χ4v) is 2.88. The summed E-state index contributed by atoms with van der Waals surface area (Å²) in [5.41, 5.74) is 2.16. The van der Waals surface area contributed by atoms with Crippen molar-refractivity contribution in [3.63, 3.8) is 0 Å². The lowest BCUT2D eigenvalue weighted by molar-refractivity contribution is -0.690. The van der Waals surface area contributed by atoms with Gasteiger partial charge in [0.25, 0.3) is 0 Å². The van der Waals surface area contributed by atoms with Crippen LogP contribution in [0.15, 0.2) is 53.3 Å². The second-order valence-corrected chi connectivity index (χ2v) is 5.88. The van der Waals surface area contributed by atoms with Gasteiger partial charge in [-0.3, -0.25) is 4.98 Å². The highest BCUT2D eigenvalue weighted by atomic mass is 79.9. The van der Waals surface area contributed by atoms with Gasteiger partial charge in [-0.1, -0.05) is 27.5 Å². The highest BCUT2D eigenvalue weighted by molar-refractivity contribution is 9.10. The van der Waals surface area contributed by atoms with Crippen molar-refractivity contribution in [2.75, 3.05) is 0 Å². The van der Waals surface area contributed by atoms with Gasteiger partial charge in [-0.2, -0.15) is 0 Å². The maximum atomic E-state index is 4.86. The van der Waals surface area contributed by atoms with Crippen LogP contribution in [0.5, 0.6) is 0 Å². The van der Waals surface area contributed by atoms with Gasteiger partial charge in [0, 0.05) is 23.3 Å². The highest BCUT2D eigenvalue weighted by Crippen LogP contribution is 2.18. The fourth-order valence-electron chi connectivity index (χ4n) is 2.62. The first-order valence-electron chi connectivity index (χ1n) is 7.42. The third kappa shape index (κ3) is 2.68. The van der Waals surface area contributed by atoms with Crippen LogP contribution in [0.4, 0.5) is 0 Å². The molecule has 0 unspecified atom stereocenters. The first kappa shape index (κ1) is 14.9. The SMILES string of the molecule is CCc1n(-c2ccc(Br)cc2)nc(-c2ccncc2)[n+]1CC. The van der Waals surface area contributed by atoms with E-state index in [1.807, 2.05) is 28.9 Å². The second kappa shape index (κ2) is 6.40. The molecular formula is C17H18BrN4+. The van der Waals surface area contributed by atoms with Gasteiger partial charge in [0.05, 0.1) is 17.2 Å². The number of pyridine rings is 1. The quantitative estimate of drug-likeness (QED) is 0.669. The van der Waals surface area contributed by atoms with Crippen molar-refractivity contribution in [2.24, 2.45) is 0 Å². The van der Waals surface area contributed by atoms with Crippen molar-refractivity contribution in [3.8, 4) is 17.1 Å². The molecule has 0 saturated carbocycles. The minimum absolute atomic E-state index is 0.886. The molecule has 0 aliphatic carbocycles. The van der Waals surface area contributed by atoms with Gasteiger partial charge >= 0.3 is 5.82 Å². The van der Waals surface area contributed by atoms with Gasteiger partial charge < -0.3 is 0 Å². The van der Waals surface area contributed by atoms with E-state index in [0.29, 0.717) is 0 Å². The van der Waals surface area contributed by atoms with Crippen LogP contribution in [0.2, 0.25) is 0 Å². The van der Waals surface area contributed by atoms with Gasteiger partial charge in [0.2, 0.25) is 5.82 Å². The molecule has 0 fully saturated rings. The van der Waals surface area contributed by atoms with E-state index >= 15 is 0 Å². The zero-order chi connectivity index (χ0) is 15.5. The summed E-state index contributed by atoms with van der Waals surface area (Å²) < 4.78 is 5.36. The first-order chi connectivity index (χ1) is 10.7. The molecule has 0 aliphatic rings. The molecule has 22 heavy (non-hydrogen) atoms. The molecule has 5 heteroatoms. The molecule has 4 nitrogen and oxygen atoms in total. The maximum absolute atomic E-state index is 4.86. The Kier molecular flexibility index (Phi) is 4.34. The summed E-state index contributed by atoms with van der Waals surface area (Å²) in [5, 5.41) is 4.86. The normalized spacial score (nSPS) is 10.9. The van der Waals surface area contributed by atoms with E-state index in [9.17, 15) is 0 Å². The molecule has 0 amide bonds. The molecule has 3 rings (SSSR count). The summed E-state index contributed by atoms with van der Waals surface area (Å²) in [6.07, 6.45) is 4.53. The molecule has 0 bridgehead atoms. The van der Waals surface area contributed by atoms with Gasteiger partial charge in [0.15, 0.2) is 0 Å². The van der Waals surface area contributed by atoms with E-state index in [4.69, 9.17) is 5.10 Å². The van der Waals surface area contributed by atoms with Crippen molar-refractivity contribution >= 4 is 15.9 Å². The average Bonchev–Trinajstić information content (AvgIpc) is 2.95. The molecule has 0 spiro atoms. The van der Waals surface area contributed by atoms with Crippen molar-refractivity contribution in [3.05, 3.63) is 59.1 Å². The van der Waals surface area contributed by atoms with E-state index in [1.165, 1.54) is 5.82 Å². The monoisotopic (exact) mass is 357 g/mol. The Hall–Kier alpha value is -2.01. The Morgan fingerprint density at radius 1 is 1.05 bits per heavy atom. The van der Waals surface area contributed by atoms with Crippen LogP contribution in [0, 0.1) is 0 Å². The molecule has 0 N–H and O–H groups in total. The third-order valence-corrected chi connectivity index (χ3v) is 4.18. The van der Waals surface area contributed by atoms with Crippen LogP contribution >= 0.6 is 15.9 Å². The number of hydrogen-bond donors (Lipinski definition) is 0. The summed E-state index contributed by atoms with van der Waals surface area (Å²) in [4.78, 5) is 4.09. The van der Waals surface area contributed by atoms with Crippen LogP contribution in [-0.2, 0) is 13.0 Å². The molecule has 1 aromatic carbocycles. The summed E-state index contributed by atoms with van der Waals surface area (Å²) in [7, 11) is 0. The van der Waals surface area contributed by atoms with Crippen LogP contribution in [0.1, 0.15) is 19.7 Å². The number of nitrogens with zero attached hydrogens (tertiary/aromatic N) is 4. The molecule has 2 heterocycles. The molecular weight excluding hydrogens is 340 g/mol. The topological polar surface area (TPSA) is 34.6 Å². The summed E-state index contributed by atoms with van der Waals surface area (Å²) in [6, 6.07) is 12.2. The summed E-state index contributed by atoms with van der Waals surface area (Å²) in [5.74, 6) is 2.17. The predicted molar refractivity (Wildman–Crippen MR) is 89.7 cm³/mol. The van der Waals surface area contributed by atoms with Crippen molar-refractivity contribution in [1.82, 2.24) is 14.8 Å². The molecule has 0 radical (unpaired) electrons. The number of hydrogen-bond acceptors (Lipinski definition) is 2. The lowest BCUT2D eigenvalue weighted by Crippen LogP contribution is -2.38. The molecule has 0 saturated heterocycles. The largest absolute Gasteiger partial charge is 0.309 e. The minimum Gasteiger partial charge on any atom is -0.265 e. The number of halogens is 1. The van der Waals surface area contributed by atoms with Crippen molar-refractivity contribution < 1.29 is 4.57 Å². The van der Waals surface area contributed by atoms with Crippen molar-refractivity contribution in [2.45, 2.75) is 26.8 Å². The lowest BCUT2D eigenvalue weighted by atomic mass is 10.2. The molecule has 0 aliphatic heterocycles. The average molecular weight is 358 g/mol. The van der Waals surface area contributed by atoms with E-state index in [-0.39, 0.29) is 0 Å². The lowest BCUT2D eigenvalue weighted by Gasteiger charge is -2.01. The zero-order valence-corrected chi connectivity index (χ0v) is 14.3. The fraction of sp³-hybridized carbons (Fsp3) is 0.235. The highest BCUT2D eigenvalue weighted by Gasteiger charge is 2.25. The van der Waals surface area contributed by atoms with Gasteiger partial charge in [0.1, 0.15) is 5.69 Å². The standard InChI is InChI=1S/C17H18BrN4/c1-3-16-21(4-2)17(13-9-11-19-12-10-13)20-22(16)15-7-5-14(18)6-8-15/h5-12H,3-4H2,1-2H3/q+1. The third-order valence-electron chi connectivity index (χ3n) is 3.65. The molecule has 112 valence electrons. The Labute approximate surface area is 138 Å². The van der Waals surface area contributed by atoms with Gasteiger partial charge in [-0.25, -0.2) is 4.57 Å². The smallest absolute Gasteiger partial charge is 0.265 e. The predicted octanol–water partition coefficient (Wildman–Crippen LogP) is 3.57. The summed E-state index contributed by atoms with van der Waals surface area (Å²) >= 11 is 3.48.